The van der Waals surface area contributed by atoms with Gasteiger partial charge in [-0.25, -0.2) is 0 Å². The lowest BCUT2D eigenvalue weighted by molar-refractivity contribution is 0.424. The summed E-state index contributed by atoms with van der Waals surface area (Å²) in [5, 5.41) is 3.57. The summed E-state index contributed by atoms with van der Waals surface area (Å²) in [7, 11) is 2.21. The number of hydrogen-bond donors (Lipinski definition) is 1. The van der Waals surface area contributed by atoms with Crippen molar-refractivity contribution in [1.29, 1.82) is 0 Å². The lowest BCUT2D eigenvalue weighted by atomic mass is 10.1. The Morgan fingerprint density at radius 3 is 2.57 bits per heavy atom. The molecule has 0 spiro atoms. The van der Waals surface area contributed by atoms with Crippen LogP contribution >= 0.6 is 11.8 Å². The van der Waals surface area contributed by atoms with Gasteiger partial charge in [0.1, 0.15) is 0 Å². The van der Waals surface area contributed by atoms with Gasteiger partial charge < -0.3 is 10.2 Å². The van der Waals surface area contributed by atoms with Gasteiger partial charge in [0.05, 0.1) is 0 Å². The molecule has 1 aromatic rings. The average molecular weight is 310 g/mol. The second kappa shape index (κ2) is 8.04. The van der Waals surface area contributed by atoms with Crippen LogP contribution in [0.5, 0.6) is 0 Å². The van der Waals surface area contributed by atoms with Gasteiger partial charge in [0.15, 0.2) is 0 Å². The SMILES string of the molecule is CCC(CSC)N(C)c1cc(C)ncc1CNC(C)(C)C. The zero-order valence-corrected chi connectivity index (χ0v) is 15.5. The van der Waals surface area contributed by atoms with E-state index >= 15 is 0 Å². The zero-order valence-electron chi connectivity index (χ0n) is 14.7. The molecule has 1 atom stereocenters. The highest BCUT2D eigenvalue weighted by Crippen LogP contribution is 2.24. The number of aryl methyl sites for hydroxylation is 1. The Hall–Kier alpha value is -0.740. The van der Waals surface area contributed by atoms with E-state index in [1.54, 1.807) is 0 Å². The Bertz CT molecular complexity index is 440. The minimum absolute atomic E-state index is 0.115. The normalized spacial score (nSPS) is 13.3. The first kappa shape index (κ1) is 18.3. The summed E-state index contributed by atoms with van der Waals surface area (Å²) < 4.78 is 0. The van der Waals surface area contributed by atoms with E-state index in [4.69, 9.17) is 0 Å². The number of hydrogen-bond acceptors (Lipinski definition) is 4. The summed E-state index contributed by atoms with van der Waals surface area (Å²) in [6, 6.07) is 2.78. The van der Waals surface area contributed by atoms with E-state index in [9.17, 15) is 0 Å². The fourth-order valence-corrected chi connectivity index (χ4v) is 3.14. The fourth-order valence-electron chi connectivity index (χ4n) is 2.29. The fraction of sp³-hybridized carbons (Fsp3) is 0.706. The molecule has 1 N–H and O–H groups in total. The highest BCUT2D eigenvalue weighted by Gasteiger charge is 2.17. The van der Waals surface area contributed by atoms with E-state index in [-0.39, 0.29) is 5.54 Å². The Morgan fingerprint density at radius 1 is 1.38 bits per heavy atom. The number of anilines is 1. The van der Waals surface area contributed by atoms with Crippen molar-refractivity contribution in [3.63, 3.8) is 0 Å². The molecule has 0 saturated carbocycles. The number of thioether (sulfide) groups is 1. The van der Waals surface area contributed by atoms with Gasteiger partial charge >= 0.3 is 0 Å². The molecule has 0 aliphatic carbocycles. The number of pyridine rings is 1. The van der Waals surface area contributed by atoms with Crippen LogP contribution in [0.3, 0.4) is 0 Å². The topological polar surface area (TPSA) is 28.2 Å². The lowest BCUT2D eigenvalue weighted by Gasteiger charge is -2.31. The maximum atomic E-state index is 4.48. The minimum Gasteiger partial charge on any atom is -0.370 e. The summed E-state index contributed by atoms with van der Waals surface area (Å²) >= 11 is 1.91. The van der Waals surface area contributed by atoms with Gasteiger partial charge in [-0.15, -0.1) is 0 Å². The molecule has 21 heavy (non-hydrogen) atoms. The van der Waals surface area contributed by atoms with Gasteiger partial charge in [-0.2, -0.15) is 11.8 Å². The van der Waals surface area contributed by atoms with Crippen LogP contribution in [-0.4, -0.2) is 35.6 Å². The van der Waals surface area contributed by atoms with Crippen LogP contribution in [0.4, 0.5) is 5.69 Å². The molecule has 0 amide bonds. The van der Waals surface area contributed by atoms with E-state index in [0.29, 0.717) is 6.04 Å². The average Bonchev–Trinajstić information content (AvgIpc) is 2.41. The molecule has 0 aliphatic rings. The third-order valence-corrected chi connectivity index (χ3v) is 4.38. The van der Waals surface area contributed by atoms with Gasteiger partial charge in [-0.05, 0) is 46.4 Å². The Kier molecular flexibility index (Phi) is 7.01. The van der Waals surface area contributed by atoms with Gasteiger partial charge in [0, 0.05) is 54.1 Å². The molecule has 0 aromatic carbocycles. The van der Waals surface area contributed by atoms with Gasteiger partial charge in [-0.3, -0.25) is 4.98 Å². The molecule has 1 rings (SSSR count). The van der Waals surface area contributed by atoms with Crippen LogP contribution in [0.1, 0.15) is 45.4 Å². The van der Waals surface area contributed by atoms with Crippen LogP contribution in [-0.2, 0) is 6.54 Å². The number of rotatable bonds is 7. The standard InChI is InChI=1S/C17H31N3S/c1-8-15(12-21-7)20(6)16-9-13(2)18-10-14(16)11-19-17(3,4)5/h9-10,15,19H,8,11-12H2,1-7H3. The van der Waals surface area contributed by atoms with E-state index < -0.39 is 0 Å². The summed E-state index contributed by atoms with van der Waals surface area (Å²) in [6.07, 6.45) is 5.35. The van der Waals surface area contributed by atoms with Crippen LogP contribution in [0.15, 0.2) is 12.3 Å². The van der Waals surface area contributed by atoms with Crippen molar-refractivity contribution < 1.29 is 0 Å². The summed E-state index contributed by atoms with van der Waals surface area (Å²) in [5.41, 5.74) is 3.78. The predicted octanol–water partition coefficient (Wildman–Crippen LogP) is 3.86. The van der Waals surface area contributed by atoms with Crippen molar-refractivity contribution in [2.24, 2.45) is 0 Å². The molecular weight excluding hydrogens is 278 g/mol. The summed E-state index contributed by atoms with van der Waals surface area (Å²) in [4.78, 5) is 6.90. The zero-order chi connectivity index (χ0) is 16.0. The number of nitrogens with zero attached hydrogens (tertiary/aromatic N) is 2. The molecular formula is C17H31N3S. The first-order chi connectivity index (χ1) is 9.78. The Balaban J connectivity index is 3.00. The number of nitrogens with one attached hydrogen (secondary N) is 1. The minimum atomic E-state index is 0.115. The van der Waals surface area contributed by atoms with Crippen LogP contribution in [0.25, 0.3) is 0 Å². The maximum absolute atomic E-state index is 4.48. The second-order valence-electron chi connectivity index (χ2n) is 6.69. The maximum Gasteiger partial charge on any atom is 0.0445 e. The van der Waals surface area contributed by atoms with E-state index in [1.165, 1.54) is 11.3 Å². The van der Waals surface area contributed by atoms with Crippen molar-refractivity contribution in [2.75, 3.05) is 24.0 Å². The smallest absolute Gasteiger partial charge is 0.0445 e. The summed E-state index contributed by atoms with van der Waals surface area (Å²) in [5.74, 6) is 1.15. The quantitative estimate of drug-likeness (QED) is 0.828. The predicted molar refractivity (Wildman–Crippen MR) is 96.4 cm³/mol. The van der Waals surface area contributed by atoms with Crippen molar-refractivity contribution in [2.45, 2.75) is 59.2 Å². The third kappa shape index (κ3) is 5.87. The molecule has 0 aliphatic heterocycles. The molecule has 1 aromatic heterocycles. The summed E-state index contributed by atoms with van der Waals surface area (Å²) in [6.45, 7) is 11.8. The first-order valence-corrected chi connectivity index (χ1v) is 9.10. The van der Waals surface area contributed by atoms with E-state index in [1.807, 2.05) is 18.0 Å². The van der Waals surface area contributed by atoms with Crippen molar-refractivity contribution in [3.8, 4) is 0 Å². The molecule has 3 nitrogen and oxygen atoms in total. The van der Waals surface area contributed by atoms with Gasteiger partial charge in [0.25, 0.3) is 0 Å². The van der Waals surface area contributed by atoms with Crippen molar-refractivity contribution in [1.82, 2.24) is 10.3 Å². The Morgan fingerprint density at radius 2 is 2.05 bits per heavy atom. The molecule has 1 heterocycles. The third-order valence-electron chi connectivity index (χ3n) is 3.67. The van der Waals surface area contributed by atoms with Crippen molar-refractivity contribution >= 4 is 17.4 Å². The molecule has 0 fully saturated rings. The highest BCUT2D eigenvalue weighted by atomic mass is 32.2. The van der Waals surface area contributed by atoms with E-state index in [2.05, 4.69) is 69.2 Å². The molecule has 120 valence electrons. The monoisotopic (exact) mass is 309 g/mol. The molecule has 4 heteroatoms. The molecule has 0 radical (unpaired) electrons. The number of aromatic nitrogens is 1. The van der Waals surface area contributed by atoms with Crippen LogP contribution in [0.2, 0.25) is 0 Å². The Labute approximate surface area is 134 Å². The van der Waals surface area contributed by atoms with Crippen LogP contribution in [0, 0.1) is 6.92 Å². The van der Waals surface area contributed by atoms with Crippen LogP contribution < -0.4 is 10.2 Å². The van der Waals surface area contributed by atoms with Gasteiger partial charge in [0.2, 0.25) is 0 Å². The van der Waals surface area contributed by atoms with Crippen molar-refractivity contribution in [3.05, 3.63) is 23.5 Å². The molecule has 0 bridgehead atoms. The first-order valence-electron chi connectivity index (χ1n) is 7.70. The second-order valence-corrected chi connectivity index (χ2v) is 7.60. The molecule has 0 saturated heterocycles. The lowest BCUT2D eigenvalue weighted by Crippen LogP contribution is -2.37. The highest BCUT2D eigenvalue weighted by molar-refractivity contribution is 7.98. The van der Waals surface area contributed by atoms with Gasteiger partial charge in [-0.1, -0.05) is 6.92 Å². The van der Waals surface area contributed by atoms with E-state index in [0.717, 1.165) is 24.4 Å². The molecule has 1 unspecified atom stereocenters. The largest absolute Gasteiger partial charge is 0.370 e.